The van der Waals surface area contributed by atoms with Crippen LogP contribution in [0.25, 0.3) is 0 Å². The lowest BCUT2D eigenvalue weighted by atomic mass is 9.99. The molecule has 1 aliphatic carbocycles. The van der Waals surface area contributed by atoms with Gasteiger partial charge in [-0.25, -0.2) is 9.79 Å². The van der Waals surface area contributed by atoms with E-state index in [0.29, 0.717) is 17.3 Å². The van der Waals surface area contributed by atoms with Crippen molar-refractivity contribution in [1.82, 2.24) is 9.13 Å². The molecule has 0 radical (unpaired) electrons. The predicted octanol–water partition coefficient (Wildman–Crippen LogP) is 0.705. The molecule has 0 bridgehead atoms. The molecule has 0 unspecified atom stereocenters. The summed E-state index contributed by atoms with van der Waals surface area (Å²) in [7, 11) is 3.12. The molecule has 0 aromatic carbocycles. The highest BCUT2D eigenvalue weighted by Crippen LogP contribution is 2.55. The van der Waals surface area contributed by atoms with Gasteiger partial charge in [-0.05, 0) is 33.6 Å². The largest absolute Gasteiger partial charge is 0.425 e. The lowest BCUT2D eigenvalue weighted by Gasteiger charge is -2.15. The first-order chi connectivity index (χ1) is 9.17. The van der Waals surface area contributed by atoms with Gasteiger partial charge in [0, 0.05) is 14.1 Å². The van der Waals surface area contributed by atoms with Gasteiger partial charge in [-0.15, -0.1) is 0 Å². The van der Waals surface area contributed by atoms with E-state index in [2.05, 4.69) is 4.99 Å². The molecule has 108 valence electrons. The molecule has 1 aromatic heterocycles. The quantitative estimate of drug-likeness (QED) is 0.701. The van der Waals surface area contributed by atoms with E-state index >= 15 is 0 Å². The predicted molar refractivity (Wildman–Crippen MR) is 75.7 cm³/mol. The molecule has 20 heavy (non-hydrogen) atoms. The van der Waals surface area contributed by atoms with Crippen LogP contribution >= 0.6 is 0 Å². The summed E-state index contributed by atoms with van der Waals surface area (Å²) < 4.78 is 8.34. The van der Waals surface area contributed by atoms with Crippen molar-refractivity contribution >= 4 is 5.90 Å². The summed E-state index contributed by atoms with van der Waals surface area (Å²) in [5.41, 5.74) is -0.730. The van der Waals surface area contributed by atoms with Crippen LogP contribution in [-0.4, -0.2) is 20.6 Å². The lowest BCUT2D eigenvalue weighted by Crippen LogP contribution is -2.39. The van der Waals surface area contributed by atoms with Gasteiger partial charge in [0.2, 0.25) is 11.8 Å². The molecule has 0 saturated heterocycles. The molecule has 1 spiro atoms. The fourth-order valence-corrected chi connectivity index (χ4v) is 2.67. The Morgan fingerprint density at radius 3 is 2.25 bits per heavy atom. The smallest absolute Gasteiger partial charge is 0.333 e. The molecule has 2 aliphatic rings. The molecule has 1 fully saturated rings. The summed E-state index contributed by atoms with van der Waals surface area (Å²) in [5.74, 6) is 0.942. The Hall–Kier alpha value is -1.85. The van der Waals surface area contributed by atoms with Gasteiger partial charge in [-0.2, -0.15) is 0 Å². The molecule has 6 heteroatoms. The van der Waals surface area contributed by atoms with Gasteiger partial charge >= 0.3 is 5.69 Å². The minimum atomic E-state index is -0.400. The van der Waals surface area contributed by atoms with E-state index in [-0.39, 0.29) is 16.8 Å². The number of rotatable bonds is 0. The Morgan fingerprint density at radius 2 is 1.75 bits per heavy atom. The second kappa shape index (κ2) is 3.62. The summed E-state index contributed by atoms with van der Waals surface area (Å²) >= 11 is 0. The maximum Gasteiger partial charge on any atom is 0.333 e. The Morgan fingerprint density at radius 1 is 1.15 bits per heavy atom. The summed E-state index contributed by atoms with van der Waals surface area (Å²) in [5, 5.41) is 0. The van der Waals surface area contributed by atoms with Crippen molar-refractivity contribution in [2.24, 2.45) is 19.1 Å². The maximum atomic E-state index is 12.4. The normalized spacial score (nSPS) is 21.1. The molecule has 0 atom stereocenters. The van der Waals surface area contributed by atoms with Gasteiger partial charge < -0.3 is 4.74 Å². The third-order valence-electron chi connectivity index (χ3n) is 3.88. The first kappa shape index (κ1) is 13.1. The minimum Gasteiger partial charge on any atom is -0.425 e. The first-order valence-electron chi connectivity index (χ1n) is 6.76. The molecular formula is C14H19N3O3. The van der Waals surface area contributed by atoms with E-state index in [0.717, 1.165) is 17.4 Å². The lowest BCUT2D eigenvalue weighted by molar-refractivity contribution is 0.468. The van der Waals surface area contributed by atoms with E-state index in [1.54, 1.807) is 7.05 Å². The zero-order valence-corrected chi connectivity index (χ0v) is 12.5. The standard InChI is InChI=1S/C14H19N3O3/c1-13(2,3)15-11-14(6-7-14)8-9(18)16(4)12(19)17(5)10(8)20-11/h6-7H2,1-5H3. The number of aromatic nitrogens is 2. The number of hydrogen-bond donors (Lipinski definition) is 0. The van der Waals surface area contributed by atoms with E-state index in [9.17, 15) is 9.59 Å². The topological polar surface area (TPSA) is 65.6 Å². The summed E-state index contributed by atoms with van der Waals surface area (Å²) in [6.07, 6.45) is 1.70. The summed E-state index contributed by atoms with van der Waals surface area (Å²) in [6.45, 7) is 5.96. The summed E-state index contributed by atoms with van der Waals surface area (Å²) in [4.78, 5) is 29.0. The molecule has 1 aliphatic heterocycles. The van der Waals surface area contributed by atoms with Crippen molar-refractivity contribution in [2.45, 2.75) is 44.6 Å². The molecule has 0 amide bonds. The van der Waals surface area contributed by atoms with E-state index in [4.69, 9.17) is 4.74 Å². The monoisotopic (exact) mass is 277 g/mol. The van der Waals surface area contributed by atoms with Crippen molar-refractivity contribution in [3.05, 3.63) is 26.4 Å². The van der Waals surface area contributed by atoms with Gasteiger partial charge in [0.25, 0.3) is 5.56 Å². The molecule has 6 nitrogen and oxygen atoms in total. The Labute approximate surface area is 116 Å². The Balaban J connectivity index is 2.30. The molecule has 1 saturated carbocycles. The molecule has 3 rings (SSSR count). The molecule has 1 aromatic rings. The number of hydrogen-bond acceptors (Lipinski definition) is 4. The number of aliphatic imine (C=N–C) groups is 1. The molecular weight excluding hydrogens is 258 g/mol. The van der Waals surface area contributed by atoms with Crippen LogP contribution in [0.1, 0.15) is 39.2 Å². The third kappa shape index (κ3) is 1.60. The van der Waals surface area contributed by atoms with Crippen LogP contribution in [0.15, 0.2) is 14.6 Å². The highest BCUT2D eigenvalue weighted by molar-refractivity contribution is 5.97. The van der Waals surface area contributed by atoms with Crippen LogP contribution < -0.4 is 16.0 Å². The van der Waals surface area contributed by atoms with Crippen molar-refractivity contribution in [3.8, 4) is 5.88 Å². The highest BCUT2D eigenvalue weighted by Gasteiger charge is 2.59. The average molecular weight is 277 g/mol. The van der Waals surface area contributed by atoms with Gasteiger partial charge in [-0.3, -0.25) is 13.9 Å². The van der Waals surface area contributed by atoms with Crippen molar-refractivity contribution < 1.29 is 4.74 Å². The zero-order chi connectivity index (χ0) is 14.9. The number of fused-ring (bicyclic) bond motifs is 2. The molecule has 0 N–H and O–H groups in total. The Bertz CT molecular complexity index is 743. The minimum absolute atomic E-state index is 0.264. The van der Waals surface area contributed by atoms with Gasteiger partial charge in [-0.1, -0.05) is 0 Å². The van der Waals surface area contributed by atoms with Crippen LogP contribution in [0.4, 0.5) is 0 Å². The zero-order valence-electron chi connectivity index (χ0n) is 12.5. The first-order valence-corrected chi connectivity index (χ1v) is 6.76. The van der Waals surface area contributed by atoms with E-state index in [1.807, 2.05) is 20.8 Å². The van der Waals surface area contributed by atoms with E-state index < -0.39 is 5.41 Å². The van der Waals surface area contributed by atoms with Gasteiger partial charge in [0.15, 0.2) is 0 Å². The van der Waals surface area contributed by atoms with Crippen LogP contribution in [0, 0.1) is 0 Å². The van der Waals surface area contributed by atoms with E-state index in [1.165, 1.54) is 11.6 Å². The SMILES string of the molecule is Cn1c2c(c(=O)n(C)c1=O)C1(CC1)C(=NC(C)(C)C)O2. The molecule has 2 heterocycles. The van der Waals surface area contributed by atoms with Crippen molar-refractivity contribution in [3.63, 3.8) is 0 Å². The third-order valence-corrected chi connectivity index (χ3v) is 3.88. The fourth-order valence-electron chi connectivity index (χ4n) is 2.67. The second-order valence-corrected chi connectivity index (χ2v) is 6.66. The number of nitrogens with zero attached hydrogens (tertiary/aromatic N) is 3. The average Bonchev–Trinajstić information content (AvgIpc) is 3.05. The Kier molecular flexibility index (Phi) is 2.38. The van der Waals surface area contributed by atoms with Crippen LogP contribution in [0.2, 0.25) is 0 Å². The van der Waals surface area contributed by atoms with Gasteiger partial charge in [0.1, 0.15) is 0 Å². The van der Waals surface area contributed by atoms with Gasteiger partial charge in [0.05, 0.1) is 16.5 Å². The van der Waals surface area contributed by atoms with Crippen LogP contribution in [0.5, 0.6) is 5.88 Å². The number of ether oxygens (including phenoxy) is 1. The summed E-state index contributed by atoms with van der Waals surface area (Å²) in [6, 6.07) is 0. The van der Waals surface area contributed by atoms with Crippen molar-refractivity contribution in [2.75, 3.05) is 0 Å². The van der Waals surface area contributed by atoms with Crippen molar-refractivity contribution in [1.29, 1.82) is 0 Å². The van der Waals surface area contributed by atoms with Crippen LogP contribution in [-0.2, 0) is 19.5 Å². The fraction of sp³-hybridized carbons (Fsp3) is 0.643. The highest BCUT2D eigenvalue weighted by atomic mass is 16.5. The second-order valence-electron chi connectivity index (χ2n) is 6.66. The maximum absolute atomic E-state index is 12.4. The van der Waals surface area contributed by atoms with Crippen LogP contribution in [0.3, 0.4) is 0 Å².